The van der Waals surface area contributed by atoms with Crippen LogP contribution in [0.1, 0.15) is 61.0 Å². The zero-order chi connectivity index (χ0) is 20.2. The minimum Gasteiger partial charge on any atom is -0.332 e. The smallest absolute Gasteiger partial charge is 0.319 e. The van der Waals surface area contributed by atoms with Gasteiger partial charge >= 0.3 is 6.03 Å². The average molecular weight is 393 g/mol. The SMILES string of the molecule is Cc1ccccc1Cn1nc(C)c(NC(=O)NC23CC4CC(CC(C4)C2)C3)c1C. The third-order valence-corrected chi connectivity index (χ3v) is 7.62. The molecule has 0 spiro atoms. The molecule has 5 heteroatoms. The van der Waals surface area contributed by atoms with E-state index in [4.69, 9.17) is 5.10 Å². The standard InChI is InChI=1S/C24H32N4O/c1-15-6-4-5-7-21(15)14-28-17(3)22(16(2)27-28)25-23(29)26-24-11-18-8-19(12-24)10-20(9-18)13-24/h4-7,18-20H,8-14H2,1-3H3,(H2,25,26,29). The number of carbonyl (C=O) groups is 1. The van der Waals surface area contributed by atoms with Gasteiger partial charge in [0.25, 0.3) is 0 Å². The molecule has 0 radical (unpaired) electrons. The number of anilines is 1. The fourth-order valence-corrected chi connectivity index (χ4v) is 6.63. The van der Waals surface area contributed by atoms with Crippen molar-refractivity contribution in [3.05, 3.63) is 46.8 Å². The summed E-state index contributed by atoms with van der Waals surface area (Å²) < 4.78 is 2.00. The summed E-state index contributed by atoms with van der Waals surface area (Å²) in [7, 11) is 0. The van der Waals surface area contributed by atoms with Gasteiger partial charge in [-0.15, -0.1) is 0 Å². The van der Waals surface area contributed by atoms with Crippen molar-refractivity contribution in [2.75, 3.05) is 5.32 Å². The molecule has 0 unspecified atom stereocenters. The predicted molar refractivity (Wildman–Crippen MR) is 115 cm³/mol. The number of hydrogen-bond donors (Lipinski definition) is 2. The minimum absolute atomic E-state index is 0.0256. The Bertz CT molecular complexity index is 909. The molecule has 4 bridgehead atoms. The lowest BCUT2D eigenvalue weighted by Crippen LogP contribution is -2.60. The molecule has 1 aromatic heterocycles. The van der Waals surface area contributed by atoms with Gasteiger partial charge in [-0.05, 0) is 88.2 Å². The molecule has 1 heterocycles. The van der Waals surface area contributed by atoms with Gasteiger partial charge in [0.2, 0.25) is 0 Å². The Labute approximate surface area is 173 Å². The van der Waals surface area contributed by atoms with Crippen LogP contribution in [0.5, 0.6) is 0 Å². The van der Waals surface area contributed by atoms with Crippen LogP contribution in [0.4, 0.5) is 10.5 Å². The highest BCUT2D eigenvalue weighted by atomic mass is 16.2. The highest BCUT2D eigenvalue weighted by Crippen LogP contribution is 2.55. The maximum absolute atomic E-state index is 13.0. The van der Waals surface area contributed by atoms with E-state index in [0.717, 1.165) is 60.6 Å². The number of nitrogens with one attached hydrogen (secondary N) is 2. The summed E-state index contributed by atoms with van der Waals surface area (Å²) in [6.45, 7) is 6.86. The van der Waals surface area contributed by atoms with Gasteiger partial charge in [0.1, 0.15) is 0 Å². The summed E-state index contributed by atoms with van der Waals surface area (Å²) >= 11 is 0. The lowest BCUT2D eigenvalue weighted by molar-refractivity contribution is -0.0127. The van der Waals surface area contributed by atoms with E-state index in [2.05, 4.69) is 41.8 Å². The molecule has 2 N–H and O–H groups in total. The molecule has 0 saturated heterocycles. The molecule has 2 aromatic rings. The molecule has 2 amide bonds. The second-order valence-corrected chi connectivity index (χ2v) is 9.91. The van der Waals surface area contributed by atoms with Crippen molar-refractivity contribution in [1.82, 2.24) is 15.1 Å². The first-order valence-electron chi connectivity index (χ1n) is 11.1. The first-order chi connectivity index (χ1) is 13.9. The zero-order valence-corrected chi connectivity index (χ0v) is 17.8. The lowest BCUT2D eigenvalue weighted by Gasteiger charge is -2.56. The molecular formula is C24H32N4O. The number of aryl methyl sites for hydroxylation is 2. The van der Waals surface area contributed by atoms with Crippen molar-refractivity contribution < 1.29 is 4.79 Å². The van der Waals surface area contributed by atoms with E-state index in [1.54, 1.807) is 0 Å². The Kier molecular flexibility index (Phi) is 4.45. The largest absolute Gasteiger partial charge is 0.332 e. The van der Waals surface area contributed by atoms with Crippen LogP contribution in [0.2, 0.25) is 0 Å². The van der Waals surface area contributed by atoms with E-state index < -0.39 is 0 Å². The van der Waals surface area contributed by atoms with Crippen LogP contribution in [0, 0.1) is 38.5 Å². The fraction of sp³-hybridized carbons (Fsp3) is 0.583. The van der Waals surface area contributed by atoms with Gasteiger partial charge in [0.05, 0.1) is 23.6 Å². The molecular weight excluding hydrogens is 360 g/mol. The maximum Gasteiger partial charge on any atom is 0.319 e. The first kappa shape index (κ1) is 18.7. The van der Waals surface area contributed by atoms with Crippen molar-refractivity contribution in [2.24, 2.45) is 17.8 Å². The summed E-state index contributed by atoms with van der Waals surface area (Å²) in [4.78, 5) is 13.0. The topological polar surface area (TPSA) is 59.0 Å². The van der Waals surface area contributed by atoms with Gasteiger partial charge in [-0.1, -0.05) is 24.3 Å². The summed E-state index contributed by atoms with van der Waals surface area (Å²) in [5.74, 6) is 2.46. The van der Waals surface area contributed by atoms with Crippen LogP contribution in [-0.2, 0) is 6.54 Å². The quantitative estimate of drug-likeness (QED) is 0.774. The molecule has 5 nitrogen and oxygen atoms in total. The van der Waals surface area contributed by atoms with Crippen molar-refractivity contribution >= 4 is 11.7 Å². The van der Waals surface area contributed by atoms with Crippen LogP contribution in [0.25, 0.3) is 0 Å². The van der Waals surface area contributed by atoms with Gasteiger partial charge in [0, 0.05) is 5.54 Å². The number of amides is 2. The molecule has 6 rings (SSSR count). The molecule has 4 fully saturated rings. The number of aromatic nitrogens is 2. The Morgan fingerprint density at radius 1 is 1.07 bits per heavy atom. The molecule has 4 aliphatic rings. The zero-order valence-electron chi connectivity index (χ0n) is 17.8. The summed E-state index contributed by atoms with van der Waals surface area (Å²) in [6, 6.07) is 8.32. The van der Waals surface area contributed by atoms with Gasteiger partial charge < -0.3 is 10.6 Å². The maximum atomic E-state index is 13.0. The van der Waals surface area contributed by atoms with Gasteiger partial charge in [-0.25, -0.2) is 4.79 Å². The third kappa shape index (κ3) is 3.45. The number of hydrogen-bond acceptors (Lipinski definition) is 2. The van der Waals surface area contributed by atoms with Crippen molar-refractivity contribution in [3.63, 3.8) is 0 Å². The first-order valence-corrected chi connectivity index (χ1v) is 11.1. The third-order valence-electron chi connectivity index (χ3n) is 7.62. The Balaban J connectivity index is 1.30. The van der Waals surface area contributed by atoms with Crippen molar-refractivity contribution in [3.8, 4) is 0 Å². The molecule has 4 saturated carbocycles. The number of benzene rings is 1. The minimum atomic E-state index is -0.0615. The summed E-state index contributed by atoms with van der Waals surface area (Å²) in [6.07, 6.45) is 7.64. The number of carbonyl (C=O) groups excluding carboxylic acids is 1. The number of urea groups is 1. The van der Waals surface area contributed by atoms with Gasteiger partial charge in [-0.2, -0.15) is 5.10 Å². The predicted octanol–water partition coefficient (Wildman–Crippen LogP) is 4.95. The van der Waals surface area contributed by atoms with Crippen molar-refractivity contribution in [1.29, 1.82) is 0 Å². The molecule has 29 heavy (non-hydrogen) atoms. The fourth-order valence-electron chi connectivity index (χ4n) is 6.63. The monoisotopic (exact) mass is 392 g/mol. The Morgan fingerprint density at radius 3 is 2.31 bits per heavy atom. The molecule has 0 aliphatic heterocycles. The van der Waals surface area contributed by atoms with Crippen LogP contribution < -0.4 is 10.6 Å². The van der Waals surface area contributed by atoms with Crippen LogP contribution in [0.15, 0.2) is 24.3 Å². The van der Waals surface area contributed by atoms with Crippen molar-refractivity contribution in [2.45, 2.75) is 71.4 Å². The van der Waals surface area contributed by atoms with E-state index in [1.165, 1.54) is 30.4 Å². The molecule has 4 aliphatic carbocycles. The summed E-state index contributed by atoms with van der Waals surface area (Å²) in [5, 5.41) is 11.2. The second-order valence-electron chi connectivity index (χ2n) is 9.91. The van der Waals surface area contributed by atoms with Crippen LogP contribution in [-0.4, -0.2) is 21.4 Å². The lowest BCUT2D eigenvalue weighted by atomic mass is 9.53. The van der Waals surface area contributed by atoms with E-state index in [1.807, 2.05) is 18.5 Å². The highest BCUT2D eigenvalue weighted by Gasteiger charge is 2.51. The van der Waals surface area contributed by atoms with Crippen LogP contribution >= 0.6 is 0 Å². The van der Waals surface area contributed by atoms with E-state index in [-0.39, 0.29) is 11.6 Å². The van der Waals surface area contributed by atoms with Crippen LogP contribution in [0.3, 0.4) is 0 Å². The normalized spacial score (nSPS) is 29.8. The number of rotatable bonds is 4. The molecule has 1 aromatic carbocycles. The van der Waals surface area contributed by atoms with Gasteiger partial charge in [0.15, 0.2) is 0 Å². The molecule has 0 atom stereocenters. The molecule has 154 valence electrons. The second kappa shape index (κ2) is 6.89. The highest BCUT2D eigenvalue weighted by molar-refractivity contribution is 5.91. The Hall–Kier alpha value is -2.30. The average Bonchev–Trinajstić information content (AvgIpc) is 2.89. The summed E-state index contributed by atoms with van der Waals surface area (Å²) in [5.41, 5.74) is 5.26. The van der Waals surface area contributed by atoms with E-state index in [9.17, 15) is 4.79 Å². The van der Waals surface area contributed by atoms with E-state index in [0.29, 0.717) is 0 Å². The van der Waals surface area contributed by atoms with E-state index >= 15 is 0 Å². The Morgan fingerprint density at radius 2 is 1.69 bits per heavy atom. The van der Waals surface area contributed by atoms with Gasteiger partial charge in [-0.3, -0.25) is 4.68 Å². The number of nitrogens with zero attached hydrogens (tertiary/aromatic N) is 2.